The second kappa shape index (κ2) is 14.3. The van der Waals surface area contributed by atoms with Crippen LogP contribution in [-0.2, 0) is 0 Å². The van der Waals surface area contributed by atoms with Crippen molar-refractivity contribution in [3.63, 3.8) is 0 Å². The number of rotatable bonds is 7. The van der Waals surface area contributed by atoms with E-state index in [2.05, 4.69) is 135 Å². The van der Waals surface area contributed by atoms with E-state index in [0.717, 1.165) is 22.8 Å². The Kier molecular flexibility index (Phi) is 9.28. The number of aryl methyl sites for hydroxylation is 3. The van der Waals surface area contributed by atoms with Crippen molar-refractivity contribution in [1.29, 1.82) is 0 Å². The van der Waals surface area contributed by atoms with E-state index in [0.29, 0.717) is 11.8 Å². The first-order chi connectivity index (χ1) is 24.5. The molecule has 0 unspecified atom stereocenters. The summed E-state index contributed by atoms with van der Waals surface area (Å²) in [7, 11) is 0. The molecule has 50 heavy (non-hydrogen) atoms. The van der Waals surface area contributed by atoms with E-state index >= 15 is 0 Å². The second-order valence-electron chi connectivity index (χ2n) is 15.1. The molecule has 8 rings (SSSR count). The Morgan fingerprint density at radius 2 is 1.20 bits per heavy atom. The number of aliphatic imine (C=N–C) groups is 1. The van der Waals surface area contributed by atoms with E-state index in [1.807, 2.05) is 0 Å². The van der Waals surface area contributed by atoms with Crippen LogP contribution in [0, 0.1) is 20.8 Å². The third-order valence-corrected chi connectivity index (χ3v) is 11.6. The molecule has 0 atom stereocenters. The molecule has 0 radical (unpaired) electrons. The maximum Gasteiger partial charge on any atom is 0.0737 e. The van der Waals surface area contributed by atoms with Crippen LogP contribution in [0.15, 0.2) is 114 Å². The zero-order chi connectivity index (χ0) is 34.0. The van der Waals surface area contributed by atoms with Gasteiger partial charge in [0.1, 0.15) is 0 Å². The van der Waals surface area contributed by atoms with E-state index in [1.54, 1.807) is 0 Å². The lowest BCUT2D eigenvalue weighted by Gasteiger charge is -2.22. The number of nitrogens with one attached hydrogen (secondary N) is 1. The highest BCUT2D eigenvalue weighted by Gasteiger charge is 2.22. The largest absolute Gasteiger partial charge is 0.354 e. The minimum atomic E-state index is 0.700. The van der Waals surface area contributed by atoms with Gasteiger partial charge in [-0.3, -0.25) is 0 Å². The van der Waals surface area contributed by atoms with E-state index in [-0.39, 0.29) is 0 Å². The van der Waals surface area contributed by atoms with E-state index in [4.69, 9.17) is 4.99 Å². The Morgan fingerprint density at radius 3 is 1.82 bits per heavy atom. The van der Waals surface area contributed by atoms with Crippen LogP contribution in [0.3, 0.4) is 0 Å². The molecule has 2 aliphatic carbocycles. The highest BCUT2D eigenvalue weighted by Crippen LogP contribution is 2.40. The van der Waals surface area contributed by atoms with Crippen molar-refractivity contribution in [3.8, 4) is 22.4 Å². The molecule has 1 aliphatic heterocycles. The van der Waals surface area contributed by atoms with Crippen molar-refractivity contribution >= 4 is 17.4 Å². The smallest absolute Gasteiger partial charge is 0.0737 e. The summed E-state index contributed by atoms with van der Waals surface area (Å²) in [6, 6.07) is 36.5. The van der Waals surface area contributed by atoms with Crippen LogP contribution in [0.4, 0.5) is 0 Å². The molecule has 2 saturated carbocycles. The lowest BCUT2D eigenvalue weighted by molar-refractivity contribution is 0.443. The Hall–Kier alpha value is -4.69. The monoisotopic (exact) mass is 654 g/mol. The Morgan fingerprint density at radius 1 is 0.580 bits per heavy atom. The van der Waals surface area contributed by atoms with Crippen molar-refractivity contribution in [3.05, 3.63) is 153 Å². The van der Waals surface area contributed by atoms with E-state index in [1.165, 1.54) is 125 Å². The molecule has 2 heteroatoms. The Labute approximate surface area is 299 Å². The summed E-state index contributed by atoms with van der Waals surface area (Å²) in [5.74, 6) is 1.41. The molecule has 4 aromatic carbocycles. The van der Waals surface area contributed by atoms with Crippen LogP contribution in [0.1, 0.15) is 121 Å². The number of hydrogen-bond acceptors (Lipinski definition) is 1. The third-order valence-electron chi connectivity index (χ3n) is 11.6. The SMILES string of the molecule is Cc1ccc(C2=CC(c3ccc(C4CCCCC4)cc3)=N/C2=C\c2[nH]c(-c3ccc(C4CCCCC4)cc3)cc2-c2ccccc2C)c(C)c1. The zero-order valence-electron chi connectivity index (χ0n) is 30.1. The summed E-state index contributed by atoms with van der Waals surface area (Å²) in [6.45, 7) is 6.60. The van der Waals surface area contributed by atoms with Gasteiger partial charge in [0.25, 0.3) is 0 Å². The van der Waals surface area contributed by atoms with Crippen molar-refractivity contribution < 1.29 is 0 Å². The molecule has 0 bridgehead atoms. The van der Waals surface area contributed by atoms with Crippen molar-refractivity contribution in [2.45, 2.75) is 96.8 Å². The zero-order valence-corrected chi connectivity index (χ0v) is 30.1. The fraction of sp³-hybridized carbons (Fsp3) is 0.312. The quantitative estimate of drug-likeness (QED) is 0.181. The summed E-state index contributed by atoms with van der Waals surface area (Å²) < 4.78 is 0. The maximum atomic E-state index is 5.38. The van der Waals surface area contributed by atoms with Gasteiger partial charge in [0, 0.05) is 28.1 Å². The fourth-order valence-electron chi connectivity index (χ4n) is 8.73. The van der Waals surface area contributed by atoms with Crippen molar-refractivity contribution in [1.82, 2.24) is 4.98 Å². The average Bonchev–Trinajstić information content (AvgIpc) is 3.77. The number of aromatic amines is 1. The van der Waals surface area contributed by atoms with Gasteiger partial charge in [-0.25, -0.2) is 4.99 Å². The predicted molar refractivity (Wildman–Crippen MR) is 213 cm³/mol. The number of benzene rings is 4. The van der Waals surface area contributed by atoms with Crippen molar-refractivity contribution in [2.75, 3.05) is 0 Å². The van der Waals surface area contributed by atoms with Gasteiger partial charge in [-0.15, -0.1) is 0 Å². The van der Waals surface area contributed by atoms with Crippen LogP contribution in [0.2, 0.25) is 0 Å². The molecule has 0 saturated heterocycles. The lowest BCUT2D eigenvalue weighted by Crippen LogP contribution is -2.05. The molecule has 2 nitrogen and oxygen atoms in total. The van der Waals surface area contributed by atoms with Gasteiger partial charge in [0.05, 0.1) is 11.4 Å². The molecule has 0 amide bonds. The van der Waals surface area contributed by atoms with Gasteiger partial charge in [-0.1, -0.05) is 135 Å². The van der Waals surface area contributed by atoms with Crippen molar-refractivity contribution in [2.24, 2.45) is 4.99 Å². The molecular formula is C48H50N2. The van der Waals surface area contributed by atoms with E-state index in [9.17, 15) is 0 Å². The first-order valence-corrected chi connectivity index (χ1v) is 19.1. The van der Waals surface area contributed by atoms with Crippen LogP contribution in [0.5, 0.6) is 0 Å². The Balaban J connectivity index is 1.21. The predicted octanol–water partition coefficient (Wildman–Crippen LogP) is 13.3. The number of hydrogen-bond donors (Lipinski definition) is 1. The summed E-state index contributed by atoms with van der Waals surface area (Å²) in [5.41, 5.74) is 18.3. The summed E-state index contributed by atoms with van der Waals surface area (Å²) >= 11 is 0. The number of H-pyrrole nitrogens is 1. The molecule has 0 spiro atoms. The van der Waals surface area contributed by atoms with Crippen LogP contribution in [-0.4, -0.2) is 10.7 Å². The molecule has 3 aliphatic rings. The summed E-state index contributed by atoms with van der Waals surface area (Å²) in [4.78, 5) is 9.26. The lowest BCUT2D eigenvalue weighted by atomic mass is 9.84. The normalized spacial score (nSPS) is 18.0. The molecule has 2 heterocycles. The molecule has 252 valence electrons. The van der Waals surface area contributed by atoms with Gasteiger partial charge in [-0.05, 0) is 115 Å². The van der Waals surface area contributed by atoms with Crippen LogP contribution in [0.25, 0.3) is 34.0 Å². The van der Waals surface area contributed by atoms with Crippen LogP contribution < -0.4 is 0 Å². The molecule has 2 fully saturated rings. The first-order valence-electron chi connectivity index (χ1n) is 19.1. The molecule has 1 aromatic heterocycles. The van der Waals surface area contributed by atoms with Gasteiger partial charge < -0.3 is 4.98 Å². The molecular weight excluding hydrogens is 605 g/mol. The standard InChI is InChI=1S/C48H50N2/c1-32-18-27-42(34(3)28-32)44-30-46(40-25-21-38(22-26-40)36-15-8-5-9-16-36)50-48(44)31-47-43(41-17-11-10-12-33(41)2)29-45(49-47)39-23-19-37(20-24-39)35-13-6-4-7-14-35/h10-12,17-31,35-36,49H,4-9,13-16H2,1-3H3/b48-31-. The van der Waals surface area contributed by atoms with Gasteiger partial charge in [0.15, 0.2) is 0 Å². The first kappa shape index (κ1) is 32.5. The number of aromatic nitrogens is 1. The average molecular weight is 655 g/mol. The topological polar surface area (TPSA) is 28.1 Å². The van der Waals surface area contributed by atoms with Gasteiger partial charge in [0.2, 0.25) is 0 Å². The minimum absolute atomic E-state index is 0.700. The molecule has 5 aromatic rings. The molecule has 1 N–H and O–H groups in total. The van der Waals surface area contributed by atoms with Gasteiger partial charge >= 0.3 is 0 Å². The third kappa shape index (κ3) is 6.73. The fourth-order valence-corrected chi connectivity index (χ4v) is 8.73. The summed E-state index contributed by atoms with van der Waals surface area (Å²) in [5, 5.41) is 0. The number of allylic oxidation sites excluding steroid dienone is 2. The number of nitrogens with zero attached hydrogens (tertiary/aromatic N) is 1. The van der Waals surface area contributed by atoms with E-state index < -0.39 is 0 Å². The van der Waals surface area contributed by atoms with Gasteiger partial charge in [-0.2, -0.15) is 0 Å². The van der Waals surface area contributed by atoms with Crippen LogP contribution >= 0.6 is 0 Å². The highest BCUT2D eigenvalue weighted by molar-refractivity contribution is 6.19. The highest BCUT2D eigenvalue weighted by atomic mass is 14.8. The minimum Gasteiger partial charge on any atom is -0.354 e. The second-order valence-corrected chi connectivity index (χ2v) is 15.1. The maximum absolute atomic E-state index is 5.38. The Bertz CT molecular complexity index is 2070. The summed E-state index contributed by atoms with van der Waals surface area (Å²) in [6.07, 6.45) is 18.1.